The molecule has 158 valence electrons. The summed E-state index contributed by atoms with van der Waals surface area (Å²) in [6.45, 7) is 11.2. The third-order valence-electron chi connectivity index (χ3n) is 6.15. The van der Waals surface area contributed by atoms with Crippen LogP contribution in [0.25, 0.3) is 0 Å². The fourth-order valence-corrected chi connectivity index (χ4v) is 4.16. The van der Waals surface area contributed by atoms with Gasteiger partial charge in [-0.15, -0.1) is 0 Å². The second-order valence-corrected chi connectivity index (χ2v) is 9.09. The summed E-state index contributed by atoms with van der Waals surface area (Å²) in [6, 6.07) is 0. The topological polar surface area (TPSA) is 0 Å². The van der Waals surface area contributed by atoms with Crippen LogP contribution in [0.4, 0.5) is 0 Å². The largest absolute Gasteiger partial charge is 1.00 e. The Morgan fingerprint density at radius 2 is 0.615 bits per heavy atom. The van der Waals surface area contributed by atoms with Gasteiger partial charge in [-0.3, -0.25) is 0 Å². The summed E-state index contributed by atoms with van der Waals surface area (Å²) in [5.41, 5.74) is 0. The number of rotatable bonds is 21. The molecule has 0 unspecified atom stereocenters. The highest BCUT2D eigenvalue weighted by Crippen LogP contribution is 2.16. The zero-order valence-corrected chi connectivity index (χ0v) is 19.3. The van der Waals surface area contributed by atoms with E-state index in [9.17, 15) is 0 Å². The van der Waals surface area contributed by atoms with E-state index in [1.165, 1.54) is 140 Å². The average molecular weight is 370 g/mol. The maximum absolute atomic E-state index is 2.56. The first-order chi connectivity index (χ1) is 12.7. The van der Waals surface area contributed by atoms with E-state index in [0.717, 1.165) is 0 Å². The fourth-order valence-electron chi connectivity index (χ4n) is 4.16. The molecule has 0 amide bonds. The van der Waals surface area contributed by atoms with Gasteiger partial charge in [-0.25, -0.2) is 0 Å². The maximum atomic E-state index is 2.56. The molecule has 26 heavy (non-hydrogen) atoms. The lowest BCUT2D eigenvalue weighted by molar-refractivity contribution is -0.910. The Morgan fingerprint density at radius 3 is 0.885 bits per heavy atom. The van der Waals surface area contributed by atoms with Gasteiger partial charge in [0.1, 0.15) is 0 Å². The van der Waals surface area contributed by atoms with E-state index in [2.05, 4.69) is 27.8 Å². The highest BCUT2D eigenvalue weighted by atomic mass is 15.3. The Balaban J connectivity index is 0. The van der Waals surface area contributed by atoms with Gasteiger partial charge in [-0.1, -0.05) is 97.8 Å². The van der Waals surface area contributed by atoms with Crippen LogP contribution in [0.1, 0.15) is 138 Å². The summed E-state index contributed by atoms with van der Waals surface area (Å²) in [6.07, 6.45) is 25.9. The molecule has 0 fully saturated rings. The first-order valence-corrected chi connectivity index (χ1v) is 12.5. The second-order valence-electron chi connectivity index (χ2n) is 9.09. The Kier molecular flexibility index (Phi) is 19.7. The van der Waals surface area contributed by atoms with Gasteiger partial charge in [-0.05, 0) is 38.5 Å². The Labute approximate surface area is 169 Å². The monoisotopic (exact) mass is 369 g/mol. The molecule has 0 heterocycles. The van der Waals surface area contributed by atoms with Crippen LogP contribution in [0.15, 0.2) is 0 Å². The van der Waals surface area contributed by atoms with Crippen LogP contribution >= 0.6 is 0 Å². The maximum Gasteiger partial charge on any atom is 1.00 e. The predicted molar refractivity (Wildman–Crippen MR) is 122 cm³/mol. The molecule has 0 aromatic rings. The molecular formula is C25H55N+2. The van der Waals surface area contributed by atoms with Crippen molar-refractivity contribution in [2.45, 2.75) is 136 Å². The lowest BCUT2D eigenvalue weighted by Gasteiger charge is -2.35. The quantitative estimate of drug-likeness (QED) is 0.140. The lowest BCUT2D eigenvalue weighted by Crippen LogP contribution is -2.46. The van der Waals surface area contributed by atoms with E-state index in [1.807, 2.05) is 0 Å². The molecule has 0 atom stereocenters. The molecule has 0 aliphatic carbocycles. The summed E-state index contributed by atoms with van der Waals surface area (Å²) < 4.78 is 1.36. The van der Waals surface area contributed by atoms with Gasteiger partial charge in [0.25, 0.3) is 0 Å². The minimum Gasteiger partial charge on any atom is -0.326 e. The normalized spacial score (nSPS) is 12.0. The van der Waals surface area contributed by atoms with Gasteiger partial charge >= 0.3 is 1.43 Å². The lowest BCUT2D eigenvalue weighted by atomic mass is 10.1. The van der Waals surface area contributed by atoms with Crippen molar-refractivity contribution < 1.29 is 5.91 Å². The number of unbranched alkanes of at least 4 members (excludes halogenated alkanes) is 15. The highest BCUT2D eigenvalue weighted by molar-refractivity contribution is 4.51. The molecule has 0 aliphatic rings. The fraction of sp³-hybridized carbons (Fsp3) is 1.00. The molecule has 0 spiro atoms. The molecule has 0 radical (unpaired) electrons. The molecular weight excluding hydrogens is 314 g/mol. The SMILES string of the molecule is CCCCCCCC[N+](C)(CCCCCCCC)CCCCCCCC.[H+]. The van der Waals surface area contributed by atoms with Crippen molar-refractivity contribution in [3.63, 3.8) is 0 Å². The van der Waals surface area contributed by atoms with Crippen LogP contribution in [-0.4, -0.2) is 31.2 Å². The molecule has 1 heteroatoms. The third kappa shape index (κ3) is 17.4. The molecule has 0 bridgehead atoms. The van der Waals surface area contributed by atoms with Gasteiger partial charge in [0.2, 0.25) is 0 Å². The van der Waals surface area contributed by atoms with Crippen molar-refractivity contribution in [2.24, 2.45) is 0 Å². The van der Waals surface area contributed by atoms with Crippen molar-refractivity contribution in [3.8, 4) is 0 Å². The average Bonchev–Trinajstić information content (AvgIpc) is 2.64. The van der Waals surface area contributed by atoms with Gasteiger partial charge in [0, 0.05) is 0 Å². The summed E-state index contributed by atoms with van der Waals surface area (Å²) in [4.78, 5) is 0. The highest BCUT2D eigenvalue weighted by Gasteiger charge is 2.20. The number of nitrogens with zero attached hydrogens (tertiary/aromatic N) is 1. The van der Waals surface area contributed by atoms with E-state index in [4.69, 9.17) is 0 Å². The van der Waals surface area contributed by atoms with E-state index >= 15 is 0 Å². The van der Waals surface area contributed by atoms with E-state index < -0.39 is 0 Å². The second kappa shape index (κ2) is 19.7. The molecule has 0 aliphatic heterocycles. The number of quaternary nitrogens is 1. The van der Waals surface area contributed by atoms with Crippen LogP contribution in [0.5, 0.6) is 0 Å². The van der Waals surface area contributed by atoms with Crippen LogP contribution in [0.2, 0.25) is 0 Å². The molecule has 0 aromatic heterocycles. The molecule has 1 nitrogen and oxygen atoms in total. The number of hydrogen-bond acceptors (Lipinski definition) is 0. The zero-order chi connectivity index (χ0) is 19.3. The minimum atomic E-state index is 0. The summed E-state index contributed by atoms with van der Waals surface area (Å²) >= 11 is 0. The molecule has 0 rings (SSSR count). The van der Waals surface area contributed by atoms with E-state index in [1.54, 1.807) is 0 Å². The van der Waals surface area contributed by atoms with Gasteiger partial charge < -0.3 is 4.48 Å². The van der Waals surface area contributed by atoms with E-state index in [-0.39, 0.29) is 1.43 Å². The summed E-state index contributed by atoms with van der Waals surface area (Å²) in [5.74, 6) is 0. The van der Waals surface area contributed by atoms with Crippen molar-refractivity contribution >= 4 is 0 Å². The standard InChI is InChI=1S/C25H54N/c1-5-8-11-14-17-20-23-26(4,24-21-18-15-12-9-6-2)25-22-19-16-13-10-7-3/h5-25H2,1-4H3/q+1/p+1. The van der Waals surface area contributed by atoms with Gasteiger partial charge in [0.15, 0.2) is 0 Å². The minimum absolute atomic E-state index is 0. The molecule has 0 N–H and O–H groups in total. The molecule has 0 saturated heterocycles. The smallest absolute Gasteiger partial charge is 0.326 e. The summed E-state index contributed by atoms with van der Waals surface area (Å²) in [7, 11) is 2.56. The zero-order valence-electron chi connectivity index (χ0n) is 20.3. The van der Waals surface area contributed by atoms with Crippen LogP contribution < -0.4 is 0 Å². The third-order valence-corrected chi connectivity index (χ3v) is 6.15. The van der Waals surface area contributed by atoms with Crippen LogP contribution in [-0.2, 0) is 0 Å². The van der Waals surface area contributed by atoms with Crippen LogP contribution in [0.3, 0.4) is 0 Å². The van der Waals surface area contributed by atoms with E-state index in [0.29, 0.717) is 0 Å². The van der Waals surface area contributed by atoms with Crippen molar-refractivity contribution in [3.05, 3.63) is 0 Å². The van der Waals surface area contributed by atoms with Crippen LogP contribution in [0, 0.1) is 0 Å². The van der Waals surface area contributed by atoms with Gasteiger partial charge in [0.05, 0.1) is 26.7 Å². The summed E-state index contributed by atoms with van der Waals surface area (Å²) in [5, 5.41) is 0. The first-order valence-electron chi connectivity index (χ1n) is 12.5. The van der Waals surface area contributed by atoms with Crippen molar-refractivity contribution in [1.82, 2.24) is 0 Å². The molecule has 0 aromatic carbocycles. The van der Waals surface area contributed by atoms with Crippen molar-refractivity contribution in [1.29, 1.82) is 0 Å². The van der Waals surface area contributed by atoms with Gasteiger partial charge in [-0.2, -0.15) is 0 Å². The Hall–Kier alpha value is -0.0400. The Bertz CT molecular complexity index is 226. The van der Waals surface area contributed by atoms with Crippen molar-refractivity contribution in [2.75, 3.05) is 26.7 Å². The Morgan fingerprint density at radius 1 is 0.385 bits per heavy atom. The predicted octanol–water partition coefficient (Wildman–Crippen LogP) is 8.63. The molecule has 0 saturated carbocycles. The first kappa shape index (κ1) is 26.0. The number of hydrogen-bond donors (Lipinski definition) is 0.